The molecule has 1 atom stereocenters. The zero-order valence-corrected chi connectivity index (χ0v) is 14.8. The smallest absolute Gasteiger partial charge is 0.320 e. The van der Waals surface area contributed by atoms with Crippen LogP contribution in [0.25, 0.3) is 0 Å². The third-order valence-corrected chi connectivity index (χ3v) is 4.41. The molecule has 0 aliphatic rings. The van der Waals surface area contributed by atoms with Crippen LogP contribution in [-0.2, 0) is 9.59 Å². The van der Waals surface area contributed by atoms with Crippen molar-refractivity contribution < 1.29 is 14.7 Å². The van der Waals surface area contributed by atoms with Crippen LogP contribution in [0.5, 0.6) is 0 Å². The highest BCUT2D eigenvalue weighted by Gasteiger charge is 2.26. The van der Waals surface area contributed by atoms with Gasteiger partial charge in [-0.05, 0) is 25.1 Å². The van der Waals surface area contributed by atoms with Gasteiger partial charge in [-0.15, -0.1) is 0 Å². The zero-order valence-electron chi connectivity index (χ0n) is 14.8. The molecule has 0 radical (unpaired) electrons. The molecule has 0 aliphatic carbocycles. The number of likely N-dealkylation sites (N-methyl/N-ethyl adjacent to an activating group) is 2. The van der Waals surface area contributed by atoms with Crippen molar-refractivity contribution in [3.05, 3.63) is 71.8 Å². The van der Waals surface area contributed by atoms with E-state index in [-0.39, 0.29) is 18.5 Å². The highest BCUT2D eigenvalue weighted by Crippen LogP contribution is 2.27. The summed E-state index contributed by atoms with van der Waals surface area (Å²) in [5, 5.41) is 9.10. The average Bonchev–Trinajstić information content (AvgIpc) is 2.62. The number of carboxylic acid groups (broad SMARTS) is 1. The summed E-state index contributed by atoms with van der Waals surface area (Å²) in [7, 11) is 3.40. The Morgan fingerprint density at radius 1 is 0.920 bits per heavy atom. The fourth-order valence-corrected chi connectivity index (χ4v) is 2.70. The van der Waals surface area contributed by atoms with Gasteiger partial charge in [0, 0.05) is 7.05 Å². The molecule has 25 heavy (non-hydrogen) atoms. The number of hydrogen-bond acceptors (Lipinski definition) is 3. The Morgan fingerprint density at radius 2 is 1.36 bits per heavy atom. The van der Waals surface area contributed by atoms with Crippen LogP contribution in [0.2, 0.25) is 0 Å². The van der Waals surface area contributed by atoms with Crippen LogP contribution >= 0.6 is 0 Å². The lowest BCUT2D eigenvalue weighted by atomic mass is 9.97. The first-order chi connectivity index (χ1) is 11.9. The van der Waals surface area contributed by atoms with Crippen molar-refractivity contribution in [2.75, 3.05) is 20.6 Å². The second-order valence-electron chi connectivity index (χ2n) is 6.16. The van der Waals surface area contributed by atoms with Gasteiger partial charge in [-0.1, -0.05) is 60.7 Å². The first-order valence-corrected chi connectivity index (χ1v) is 8.20. The lowest BCUT2D eigenvalue weighted by Gasteiger charge is -2.31. The SMILES string of the molecule is CC(C(=O)O)N(C)CC(=O)N(C)C(c1ccccc1)c1ccccc1. The van der Waals surface area contributed by atoms with E-state index in [1.807, 2.05) is 60.7 Å². The molecule has 2 aromatic carbocycles. The topological polar surface area (TPSA) is 60.9 Å². The van der Waals surface area contributed by atoms with Gasteiger partial charge in [-0.25, -0.2) is 0 Å². The van der Waals surface area contributed by atoms with E-state index < -0.39 is 12.0 Å². The largest absolute Gasteiger partial charge is 0.480 e. The Hall–Kier alpha value is -2.66. The molecule has 0 fully saturated rings. The van der Waals surface area contributed by atoms with Gasteiger partial charge >= 0.3 is 5.97 Å². The van der Waals surface area contributed by atoms with E-state index in [4.69, 9.17) is 5.11 Å². The molecule has 0 saturated heterocycles. The molecule has 2 aromatic rings. The maximum atomic E-state index is 12.8. The number of carbonyl (C=O) groups excluding carboxylic acids is 1. The molecule has 1 N–H and O–H groups in total. The zero-order chi connectivity index (χ0) is 18.4. The van der Waals surface area contributed by atoms with Crippen LogP contribution in [0, 0.1) is 0 Å². The minimum atomic E-state index is -0.944. The average molecular weight is 340 g/mol. The summed E-state index contributed by atoms with van der Waals surface area (Å²) in [5.74, 6) is -1.08. The molecule has 2 rings (SSSR count). The molecule has 5 nitrogen and oxygen atoms in total. The Bertz CT molecular complexity index is 664. The summed E-state index contributed by atoms with van der Waals surface area (Å²) in [5.41, 5.74) is 2.02. The molecule has 0 aliphatic heterocycles. The number of hydrogen-bond donors (Lipinski definition) is 1. The summed E-state index contributed by atoms with van der Waals surface area (Å²) in [6, 6.07) is 18.7. The van der Waals surface area contributed by atoms with Crippen molar-refractivity contribution >= 4 is 11.9 Å². The molecular weight excluding hydrogens is 316 g/mol. The summed E-state index contributed by atoms with van der Waals surface area (Å²) in [6.07, 6.45) is 0. The number of nitrogens with zero attached hydrogens (tertiary/aromatic N) is 2. The van der Waals surface area contributed by atoms with Crippen LogP contribution < -0.4 is 0 Å². The van der Waals surface area contributed by atoms with E-state index >= 15 is 0 Å². The summed E-state index contributed by atoms with van der Waals surface area (Å²) in [4.78, 5) is 27.1. The number of benzene rings is 2. The quantitative estimate of drug-likeness (QED) is 0.842. The van der Waals surface area contributed by atoms with Crippen LogP contribution in [0.3, 0.4) is 0 Å². The van der Waals surface area contributed by atoms with E-state index in [1.165, 1.54) is 4.90 Å². The second-order valence-corrected chi connectivity index (χ2v) is 6.16. The van der Waals surface area contributed by atoms with Crippen LogP contribution in [0.4, 0.5) is 0 Å². The van der Waals surface area contributed by atoms with Crippen molar-refractivity contribution in [1.29, 1.82) is 0 Å². The van der Waals surface area contributed by atoms with Gasteiger partial charge in [0.25, 0.3) is 0 Å². The van der Waals surface area contributed by atoms with Gasteiger partial charge in [0.05, 0.1) is 12.6 Å². The van der Waals surface area contributed by atoms with E-state index in [0.717, 1.165) is 11.1 Å². The third kappa shape index (κ3) is 4.67. The molecule has 0 bridgehead atoms. The molecule has 0 spiro atoms. The Balaban J connectivity index is 2.25. The van der Waals surface area contributed by atoms with Crippen molar-refractivity contribution in [2.24, 2.45) is 0 Å². The molecule has 0 saturated carbocycles. The highest BCUT2D eigenvalue weighted by molar-refractivity contribution is 5.80. The lowest BCUT2D eigenvalue weighted by molar-refractivity contribution is -0.143. The van der Waals surface area contributed by atoms with Crippen molar-refractivity contribution in [3.63, 3.8) is 0 Å². The molecule has 0 heterocycles. The Labute approximate surface area is 148 Å². The van der Waals surface area contributed by atoms with E-state index in [0.29, 0.717) is 0 Å². The number of carboxylic acids is 1. The van der Waals surface area contributed by atoms with E-state index in [9.17, 15) is 9.59 Å². The van der Waals surface area contributed by atoms with Gasteiger partial charge < -0.3 is 10.0 Å². The monoisotopic (exact) mass is 340 g/mol. The summed E-state index contributed by atoms with van der Waals surface area (Å²) >= 11 is 0. The number of carbonyl (C=O) groups is 2. The predicted octanol–water partition coefficient (Wildman–Crippen LogP) is 2.64. The van der Waals surface area contributed by atoms with Gasteiger partial charge in [0.2, 0.25) is 5.91 Å². The summed E-state index contributed by atoms with van der Waals surface area (Å²) in [6.45, 7) is 1.61. The van der Waals surface area contributed by atoms with Crippen LogP contribution in [0.15, 0.2) is 60.7 Å². The molecule has 1 amide bonds. The Kier molecular flexibility index (Phi) is 6.31. The van der Waals surface area contributed by atoms with Crippen LogP contribution in [-0.4, -0.2) is 53.5 Å². The second kappa shape index (κ2) is 8.44. The van der Waals surface area contributed by atoms with Crippen molar-refractivity contribution in [1.82, 2.24) is 9.80 Å². The van der Waals surface area contributed by atoms with Crippen molar-refractivity contribution in [3.8, 4) is 0 Å². The highest BCUT2D eigenvalue weighted by atomic mass is 16.4. The molecule has 5 heteroatoms. The van der Waals surface area contributed by atoms with Gasteiger partial charge in [-0.2, -0.15) is 0 Å². The maximum Gasteiger partial charge on any atom is 0.320 e. The first kappa shape index (κ1) is 18.7. The maximum absolute atomic E-state index is 12.8. The lowest BCUT2D eigenvalue weighted by Crippen LogP contribution is -2.44. The summed E-state index contributed by atoms with van der Waals surface area (Å²) < 4.78 is 0. The van der Waals surface area contributed by atoms with Crippen molar-refractivity contribution in [2.45, 2.75) is 19.0 Å². The molecule has 1 unspecified atom stereocenters. The normalized spacial score (nSPS) is 12.2. The number of aliphatic carboxylic acids is 1. The Morgan fingerprint density at radius 3 is 1.76 bits per heavy atom. The van der Waals surface area contributed by atoms with Crippen LogP contribution in [0.1, 0.15) is 24.1 Å². The number of rotatable bonds is 7. The fourth-order valence-electron chi connectivity index (χ4n) is 2.70. The minimum absolute atomic E-state index is 0.0418. The van der Waals surface area contributed by atoms with Gasteiger partial charge in [0.1, 0.15) is 6.04 Å². The number of amides is 1. The van der Waals surface area contributed by atoms with Gasteiger partial charge in [0.15, 0.2) is 0 Å². The van der Waals surface area contributed by atoms with E-state index in [1.54, 1.807) is 25.9 Å². The van der Waals surface area contributed by atoms with E-state index in [2.05, 4.69) is 0 Å². The molecular formula is C20H24N2O3. The fraction of sp³-hybridized carbons (Fsp3) is 0.300. The third-order valence-electron chi connectivity index (χ3n) is 4.41. The first-order valence-electron chi connectivity index (χ1n) is 8.20. The molecule has 132 valence electrons. The van der Waals surface area contributed by atoms with Gasteiger partial charge in [-0.3, -0.25) is 14.5 Å². The standard InChI is InChI=1S/C20H24N2O3/c1-15(20(24)25)21(2)14-18(23)22(3)19(16-10-6-4-7-11-16)17-12-8-5-9-13-17/h4-13,15,19H,14H2,1-3H3,(H,24,25). The predicted molar refractivity (Wildman–Crippen MR) is 97.2 cm³/mol. The molecule has 0 aromatic heterocycles. The minimum Gasteiger partial charge on any atom is -0.480 e.